The van der Waals surface area contributed by atoms with Gasteiger partial charge in [-0.2, -0.15) is 0 Å². The minimum absolute atomic E-state index is 0.0348. The average Bonchev–Trinajstić information content (AvgIpc) is 2.73. The summed E-state index contributed by atoms with van der Waals surface area (Å²) >= 11 is 0. The molecule has 160 valence electrons. The van der Waals surface area contributed by atoms with Crippen molar-refractivity contribution in [3.05, 3.63) is 95.6 Å². The van der Waals surface area contributed by atoms with Crippen LogP contribution >= 0.6 is 0 Å². The van der Waals surface area contributed by atoms with Crippen molar-refractivity contribution in [3.63, 3.8) is 0 Å². The molecule has 2 atom stereocenters. The van der Waals surface area contributed by atoms with Crippen LogP contribution in [0.5, 0.6) is 0 Å². The second kappa shape index (κ2) is 7.46. The van der Waals surface area contributed by atoms with Gasteiger partial charge in [0.2, 0.25) is 16.0 Å². The molecule has 0 aliphatic carbocycles. The van der Waals surface area contributed by atoms with Crippen LogP contribution in [0.25, 0.3) is 11.1 Å². The Morgan fingerprint density at radius 2 is 1.58 bits per heavy atom. The van der Waals surface area contributed by atoms with Gasteiger partial charge in [-0.05, 0) is 29.7 Å². The number of nitrogens with one attached hydrogen (secondary N) is 2. The summed E-state index contributed by atoms with van der Waals surface area (Å²) in [4.78, 5) is 0. The standard InChI is InChI=1S/C23H21F2N3O2S/c1-23(19-13-12-18(24)14-20(19)25)21(31(29,30)28(2)22(26)27-23)17-10-8-16(9-11-17)15-6-4-3-5-7-15/h3-14,21H,1-2H3,(H2,26,27)/t21-,23-/m1/s1. The van der Waals surface area contributed by atoms with Crippen LogP contribution in [0.2, 0.25) is 0 Å². The molecule has 0 radical (unpaired) electrons. The molecule has 0 aromatic heterocycles. The van der Waals surface area contributed by atoms with E-state index in [1.807, 2.05) is 42.5 Å². The van der Waals surface area contributed by atoms with Gasteiger partial charge in [0.1, 0.15) is 16.9 Å². The topological polar surface area (TPSA) is 73.3 Å². The zero-order chi connectivity index (χ0) is 22.4. The first-order chi connectivity index (χ1) is 14.6. The summed E-state index contributed by atoms with van der Waals surface area (Å²) < 4.78 is 55.9. The molecule has 8 heteroatoms. The van der Waals surface area contributed by atoms with Gasteiger partial charge in [-0.15, -0.1) is 0 Å². The Kier molecular flexibility index (Phi) is 5.05. The molecular weight excluding hydrogens is 420 g/mol. The van der Waals surface area contributed by atoms with Gasteiger partial charge in [0.05, 0.1) is 5.54 Å². The fraction of sp³-hybridized carbons (Fsp3) is 0.174. The monoisotopic (exact) mass is 441 g/mol. The lowest BCUT2D eigenvalue weighted by atomic mass is 9.84. The summed E-state index contributed by atoms with van der Waals surface area (Å²) in [5, 5.41) is 9.70. The third-order valence-corrected chi connectivity index (χ3v) is 7.99. The lowest BCUT2D eigenvalue weighted by Crippen LogP contribution is -2.62. The van der Waals surface area contributed by atoms with Crippen molar-refractivity contribution in [3.8, 4) is 11.1 Å². The summed E-state index contributed by atoms with van der Waals surface area (Å²) in [5.41, 5.74) is 0.741. The van der Waals surface area contributed by atoms with Crippen LogP contribution in [-0.2, 0) is 15.6 Å². The summed E-state index contributed by atoms with van der Waals surface area (Å²) in [6.07, 6.45) is 0. The Bertz CT molecular complexity index is 1250. The molecule has 31 heavy (non-hydrogen) atoms. The first-order valence-corrected chi connectivity index (χ1v) is 11.1. The molecule has 5 nitrogen and oxygen atoms in total. The zero-order valence-corrected chi connectivity index (χ0v) is 17.7. The predicted molar refractivity (Wildman–Crippen MR) is 116 cm³/mol. The lowest BCUT2D eigenvalue weighted by molar-refractivity contribution is 0.344. The second-order valence-corrected chi connectivity index (χ2v) is 9.73. The van der Waals surface area contributed by atoms with Gasteiger partial charge in [0.15, 0.2) is 0 Å². The number of sulfonamides is 1. The molecule has 1 heterocycles. The molecule has 0 spiro atoms. The number of nitrogens with zero attached hydrogens (tertiary/aromatic N) is 1. The Morgan fingerprint density at radius 1 is 0.968 bits per heavy atom. The molecule has 0 saturated carbocycles. The van der Waals surface area contributed by atoms with E-state index in [1.54, 1.807) is 12.1 Å². The van der Waals surface area contributed by atoms with Gasteiger partial charge in [0.25, 0.3) is 0 Å². The Labute approximate surface area is 179 Å². The number of benzene rings is 3. The Balaban J connectivity index is 1.88. The maximum atomic E-state index is 14.8. The maximum Gasteiger partial charge on any atom is 0.246 e. The Hall–Kier alpha value is -3.26. The molecule has 2 N–H and O–H groups in total. The lowest BCUT2D eigenvalue weighted by Gasteiger charge is -2.46. The molecule has 1 fully saturated rings. The van der Waals surface area contributed by atoms with Crippen LogP contribution in [0.1, 0.15) is 23.3 Å². The zero-order valence-electron chi connectivity index (χ0n) is 16.9. The first-order valence-electron chi connectivity index (χ1n) is 9.60. The predicted octanol–water partition coefficient (Wildman–Crippen LogP) is 4.39. The van der Waals surface area contributed by atoms with E-state index in [0.29, 0.717) is 11.6 Å². The SMILES string of the molecule is CN1C(=N)N[C@](C)(c2ccc(F)cc2F)[C@@H](c2ccc(-c3ccccc3)cc2)S1(=O)=O. The number of halogens is 2. The fourth-order valence-corrected chi connectivity index (χ4v) is 5.98. The smallest absolute Gasteiger partial charge is 0.246 e. The third kappa shape index (κ3) is 3.46. The minimum atomic E-state index is -4.08. The highest BCUT2D eigenvalue weighted by molar-refractivity contribution is 7.90. The molecule has 3 aromatic rings. The number of guanidine groups is 1. The van der Waals surface area contributed by atoms with Crippen molar-refractivity contribution < 1.29 is 17.2 Å². The molecule has 0 bridgehead atoms. The van der Waals surface area contributed by atoms with Gasteiger partial charge < -0.3 is 5.32 Å². The van der Waals surface area contributed by atoms with E-state index >= 15 is 0 Å². The normalized spacial score (nSPS) is 22.8. The van der Waals surface area contributed by atoms with Crippen LogP contribution in [0.3, 0.4) is 0 Å². The summed E-state index contributed by atoms with van der Waals surface area (Å²) in [5.74, 6) is -2.03. The highest BCUT2D eigenvalue weighted by Gasteiger charge is 2.53. The van der Waals surface area contributed by atoms with E-state index in [4.69, 9.17) is 5.41 Å². The van der Waals surface area contributed by atoms with Crippen molar-refractivity contribution in [2.75, 3.05) is 7.05 Å². The summed E-state index contributed by atoms with van der Waals surface area (Å²) in [6, 6.07) is 19.6. The highest BCUT2D eigenvalue weighted by Crippen LogP contribution is 2.45. The van der Waals surface area contributed by atoms with Gasteiger partial charge >= 0.3 is 0 Å². The van der Waals surface area contributed by atoms with E-state index in [-0.39, 0.29) is 11.5 Å². The second-order valence-electron chi connectivity index (χ2n) is 7.68. The van der Waals surface area contributed by atoms with Crippen LogP contribution < -0.4 is 5.32 Å². The molecule has 1 saturated heterocycles. The van der Waals surface area contributed by atoms with Crippen LogP contribution in [-0.4, -0.2) is 25.7 Å². The Morgan fingerprint density at radius 3 is 2.19 bits per heavy atom. The third-order valence-electron chi connectivity index (χ3n) is 5.71. The minimum Gasteiger partial charge on any atom is -0.345 e. The van der Waals surface area contributed by atoms with E-state index in [2.05, 4.69) is 5.32 Å². The number of hydrogen-bond acceptors (Lipinski definition) is 3. The van der Waals surface area contributed by atoms with E-state index in [1.165, 1.54) is 20.0 Å². The van der Waals surface area contributed by atoms with Crippen molar-refractivity contribution in [1.82, 2.24) is 9.62 Å². The largest absolute Gasteiger partial charge is 0.345 e. The van der Waals surface area contributed by atoms with E-state index in [9.17, 15) is 17.2 Å². The molecule has 4 rings (SSSR count). The molecular formula is C23H21F2N3O2S. The fourth-order valence-electron chi connectivity index (χ4n) is 4.08. The number of rotatable bonds is 3. The van der Waals surface area contributed by atoms with Crippen LogP contribution in [0, 0.1) is 17.0 Å². The summed E-state index contributed by atoms with van der Waals surface area (Å²) in [7, 11) is -2.80. The molecule has 1 aliphatic rings. The van der Waals surface area contributed by atoms with Crippen molar-refractivity contribution in [2.24, 2.45) is 0 Å². The van der Waals surface area contributed by atoms with Crippen LogP contribution in [0.4, 0.5) is 8.78 Å². The van der Waals surface area contributed by atoms with Gasteiger partial charge in [-0.25, -0.2) is 21.5 Å². The van der Waals surface area contributed by atoms with Gasteiger partial charge in [-0.1, -0.05) is 60.7 Å². The van der Waals surface area contributed by atoms with Crippen molar-refractivity contribution >= 4 is 16.0 Å². The summed E-state index contributed by atoms with van der Waals surface area (Å²) in [6.45, 7) is 1.51. The molecule has 0 amide bonds. The maximum absolute atomic E-state index is 14.8. The number of hydrogen-bond donors (Lipinski definition) is 2. The molecule has 1 aliphatic heterocycles. The molecule has 3 aromatic carbocycles. The molecule has 0 unspecified atom stereocenters. The average molecular weight is 442 g/mol. The first kappa shape index (κ1) is 21.0. The van der Waals surface area contributed by atoms with E-state index in [0.717, 1.165) is 21.5 Å². The van der Waals surface area contributed by atoms with Gasteiger partial charge in [0, 0.05) is 18.7 Å². The van der Waals surface area contributed by atoms with Crippen LogP contribution in [0.15, 0.2) is 72.8 Å². The van der Waals surface area contributed by atoms with Crippen molar-refractivity contribution in [2.45, 2.75) is 17.7 Å². The van der Waals surface area contributed by atoms with Gasteiger partial charge in [-0.3, -0.25) is 5.41 Å². The van der Waals surface area contributed by atoms with Crippen molar-refractivity contribution in [1.29, 1.82) is 5.41 Å². The highest BCUT2D eigenvalue weighted by atomic mass is 32.2. The van der Waals surface area contributed by atoms with E-state index < -0.39 is 32.4 Å². The quantitative estimate of drug-likeness (QED) is 0.633.